The van der Waals surface area contributed by atoms with E-state index in [9.17, 15) is 0 Å². The van der Waals surface area contributed by atoms with Gasteiger partial charge in [-0.2, -0.15) is 0 Å². The summed E-state index contributed by atoms with van der Waals surface area (Å²) in [5, 5.41) is 2.39. The lowest BCUT2D eigenvalue weighted by Gasteiger charge is -2.42. The van der Waals surface area contributed by atoms with Crippen LogP contribution in [0.5, 0.6) is 0 Å². The number of rotatable bonds is 10. The Morgan fingerprint density at radius 2 is 1.23 bits per heavy atom. The molecule has 1 aliphatic rings. The van der Waals surface area contributed by atoms with E-state index in [1.165, 1.54) is 21.5 Å². The Hall–Kier alpha value is -3.50. The zero-order chi connectivity index (χ0) is 31.0. The number of ether oxygens (including phenoxy) is 2. The van der Waals surface area contributed by atoms with Crippen molar-refractivity contribution in [1.82, 2.24) is 4.90 Å². The van der Waals surface area contributed by atoms with Gasteiger partial charge in [0.2, 0.25) is 0 Å². The van der Waals surface area contributed by atoms with Gasteiger partial charge >= 0.3 is 0 Å². The second-order valence-corrected chi connectivity index (χ2v) is 17.3. The van der Waals surface area contributed by atoms with Crippen LogP contribution in [0.25, 0.3) is 0 Å². The van der Waals surface area contributed by atoms with Crippen molar-refractivity contribution < 1.29 is 13.9 Å². The fraction of sp³-hybridized carbons (Fsp3) is 0.333. The van der Waals surface area contributed by atoms with E-state index in [2.05, 4.69) is 159 Å². The summed E-state index contributed by atoms with van der Waals surface area (Å²) in [5.41, 5.74) is 2.47. The van der Waals surface area contributed by atoms with Crippen molar-refractivity contribution in [3.05, 3.63) is 132 Å². The highest BCUT2D eigenvalue weighted by Gasteiger charge is 2.50. The lowest BCUT2D eigenvalue weighted by atomic mass is 10.1. The molecule has 5 rings (SSSR count). The first-order valence-electron chi connectivity index (χ1n) is 15.5. The van der Waals surface area contributed by atoms with E-state index in [1.807, 2.05) is 13.8 Å². The van der Waals surface area contributed by atoms with Crippen molar-refractivity contribution in [3.8, 4) is 11.8 Å². The minimum atomic E-state index is -2.70. The maximum Gasteiger partial charge on any atom is 0.262 e. The number of benzene rings is 4. The van der Waals surface area contributed by atoms with Gasteiger partial charge in [0.15, 0.2) is 5.79 Å². The molecule has 1 saturated heterocycles. The van der Waals surface area contributed by atoms with Gasteiger partial charge in [-0.3, -0.25) is 4.90 Å². The Labute approximate surface area is 265 Å². The highest BCUT2D eigenvalue weighted by atomic mass is 28.4. The van der Waals surface area contributed by atoms with Crippen LogP contribution < -0.4 is 10.4 Å². The third kappa shape index (κ3) is 7.58. The van der Waals surface area contributed by atoms with Gasteiger partial charge in [-0.25, -0.2) is 0 Å². The van der Waals surface area contributed by atoms with Crippen molar-refractivity contribution in [2.45, 2.75) is 70.7 Å². The molecular weight excluding hydrogens is 559 g/mol. The molecule has 1 heterocycles. The first-order chi connectivity index (χ1) is 21.2. The molecule has 0 spiro atoms. The van der Waals surface area contributed by atoms with Gasteiger partial charge in [0.05, 0.1) is 13.2 Å². The maximum absolute atomic E-state index is 7.11. The normalized spacial score (nSPS) is 17.2. The third-order valence-corrected chi connectivity index (χ3v) is 13.2. The highest BCUT2D eigenvalue weighted by Crippen LogP contribution is 2.36. The SMILES string of the molecule is CC1(C)OC[C@H]([C@@H](C#CCO[Si](c2ccccc2)(c2ccccc2)C(C)(C)C)N(Cc2ccccc2)Cc2ccccc2)O1. The summed E-state index contributed by atoms with van der Waals surface area (Å²) in [4.78, 5) is 2.41. The van der Waals surface area contributed by atoms with Crippen LogP contribution in [0.15, 0.2) is 121 Å². The summed E-state index contributed by atoms with van der Waals surface area (Å²) >= 11 is 0. The highest BCUT2D eigenvalue weighted by molar-refractivity contribution is 6.99. The van der Waals surface area contributed by atoms with E-state index >= 15 is 0 Å². The Balaban J connectivity index is 1.50. The predicted molar refractivity (Wildman–Crippen MR) is 182 cm³/mol. The largest absolute Gasteiger partial charge is 0.396 e. The molecular formula is C39H45NO3Si. The molecule has 0 N–H and O–H groups in total. The van der Waals surface area contributed by atoms with E-state index in [0.717, 1.165) is 13.1 Å². The van der Waals surface area contributed by atoms with Crippen LogP contribution >= 0.6 is 0 Å². The molecule has 1 aliphatic heterocycles. The third-order valence-electron chi connectivity index (χ3n) is 8.26. The van der Waals surface area contributed by atoms with Gasteiger partial charge in [0.25, 0.3) is 8.32 Å². The smallest absolute Gasteiger partial charge is 0.262 e. The molecule has 44 heavy (non-hydrogen) atoms. The van der Waals surface area contributed by atoms with Crippen molar-refractivity contribution in [1.29, 1.82) is 0 Å². The van der Waals surface area contributed by atoms with Crippen molar-refractivity contribution in [2.75, 3.05) is 13.2 Å². The Morgan fingerprint density at radius 1 is 0.773 bits per heavy atom. The van der Waals surface area contributed by atoms with Crippen molar-refractivity contribution in [3.63, 3.8) is 0 Å². The second kappa shape index (κ2) is 14.1. The minimum absolute atomic E-state index is 0.115. The zero-order valence-corrected chi connectivity index (χ0v) is 27.7. The van der Waals surface area contributed by atoms with E-state index in [-0.39, 0.29) is 17.2 Å². The Kier molecular flexibility index (Phi) is 10.2. The van der Waals surface area contributed by atoms with Gasteiger partial charge in [0.1, 0.15) is 12.1 Å². The lowest BCUT2D eigenvalue weighted by molar-refractivity contribution is -0.144. The standard InChI is InChI=1S/C39H45NO3Si/c1-38(2,3)44(34-23-14-8-15-24-34,35-25-16-9-17-26-35)42-28-18-27-36(37-31-41-39(4,5)43-37)40(29-32-19-10-6-11-20-32)30-33-21-12-7-13-22-33/h6-17,19-26,36-37H,28-31H2,1-5H3/t36-,37-/m1/s1. The second-order valence-electron chi connectivity index (χ2n) is 13.0. The Bertz CT molecular complexity index is 1430. The molecule has 228 valence electrons. The van der Waals surface area contributed by atoms with Crippen LogP contribution in [0, 0.1) is 11.8 Å². The molecule has 0 amide bonds. The van der Waals surface area contributed by atoms with Crippen LogP contribution in [0.4, 0.5) is 0 Å². The molecule has 0 saturated carbocycles. The van der Waals surface area contributed by atoms with Crippen LogP contribution in [0.3, 0.4) is 0 Å². The molecule has 5 heteroatoms. The number of hydrogen-bond donors (Lipinski definition) is 0. The summed E-state index contributed by atoms with van der Waals surface area (Å²) in [6, 6.07) is 42.4. The summed E-state index contributed by atoms with van der Waals surface area (Å²) < 4.78 is 19.6. The first-order valence-corrected chi connectivity index (χ1v) is 17.5. The fourth-order valence-corrected chi connectivity index (χ4v) is 10.7. The molecule has 4 aromatic rings. The molecule has 0 bridgehead atoms. The molecule has 0 radical (unpaired) electrons. The molecule has 0 unspecified atom stereocenters. The summed E-state index contributed by atoms with van der Waals surface area (Å²) in [7, 11) is -2.70. The van der Waals surface area contributed by atoms with E-state index in [4.69, 9.17) is 13.9 Å². The average molecular weight is 604 g/mol. The lowest BCUT2D eigenvalue weighted by Crippen LogP contribution is -2.66. The van der Waals surface area contributed by atoms with Crippen LogP contribution in [-0.2, 0) is 27.0 Å². The summed E-state index contributed by atoms with van der Waals surface area (Å²) in [6.07, 6.45) is -0.196. The van der Waals surface area contributed by atoms with Crippen LogP contribution in [0.2, 0.25) is 5.04 Å². The zero-order valence-electron chi connectivity index (χ0n) is 26.7. The van der Waals surface area contributed by atoms with Crippen LogP contribution in [0.1, 0.15) is 45.7 Å². The van der Waals surface area contributed by atoms with Gasteiger partial charge in [0, 0.05) is 13.1 Å². The maximum atomic E-state index is 7.11. The number of hydrogen-bond acceptors (Lipinski definition) is 4. The molecule has 0 aromatic heterocycles. The molecule has 4 nitrogen and oxygen atoms in total. The first kappa shape index (κ1) is 31.9. The number of nitrogens with zero attached hydrogens (tertiary/aromatic N) is 1. The topological polar surface area (TPSA) is 30.9 Å². The van der Waals surface area contributed by atoms with Crippen molar-refractivity contribution in [2.24, 2.45) is 0 Å². The van der Waals surface area contributed by atoms with Crippen molar-refractivity contribution >= 4 is 18.7 Å². The predicted octanol–water partition coefficient (Wildman–Crippen LogP) is 6.79. The van der Waals surface area contributed by atoms with Crippen LogP contribution in [-0.4, -0.2) is 44.4 Å². The monoisotopic (exact) mass is 603 g/mol. The molecule has 2 atom stereocenters. The fourth-order valence-electron chi connectivity index (χ4n) is 6.23. The van der Waals surface area contributed by atoms with E-state index < -0.39 is 14.1 Å². The Morgan fingerprint density at radius 3 is 1.64 bits per heavy atom. The van der Waals surface area contributed by atoms with E-state index in [0.29, 0.717) is 13.2 Å². The van der Waals surface area contributed by atoms with Gasteiger partial charge < -0.3 is 13.9 Å². The average Bonchev–Trinajstić information content (AvgIpc) is 3.39. The van der Waals surface area contributed by atoms with E-state index in [1.54, 1.807) is 0 Å². The van der Waals surface area contributed by atoms with Gasteiger partial charge in [-0.05, 0) is 40.4 Å². The molecule has 0 aliphatic carbocycles. The summed E-state index contributed by atoms with van der Waals surface area (Å²) in [5.74, 6) is 6.48. The molecule has 1 fully saturated rings. The quantitative estimate of drug-likeness (QED) is 0.148. The summed E-state index contributed by atoms with van der Waals surface area (Å²) in [6.45, 7) is 13.1. The minimum Gasteiger partial charge on any atom is -0.396 e. The molecule has 4 aromatic carbocycles. The van der Waals surface area contributed by atoms with Gasteiger partial charge in [-0.1, -0.05) is 154 Å². The van der Waals surface area contributed by atoms with Gasteiger partial charge in [-0.15, -0.1) is 0 Å².